The van der Waals surface area contributed by atoms with Gasteiger partial charge in [0.15, 0.2) is 0 Å². The van der Waals surface area contributed by atoms with E-state index in [1.54, 1.807) is 17.4 Å². The van der Waals surface area contributed by atoms with E-state index >= 15 is 0 Å². The summed E-state index contributed by atoms with van der Waals surface area (Å²) in [6, 6.07) is 5.55. The first kappa shape index (κ1) is 22.0. The van der Waals surface area contributed by atoms with E-state index in [9.17, 15) is 4.79 Å². The Labute approximate surface area is 198 Å². The van der Waals surface area contributed by atoms with Crippen molar-refractivity contribution in [3.63, 3.8) is 0 Å². The Hall–Kier alpha value is -2.78. The van der Waals surface area contributed by atoms with Crippen molar-refractivity contribution in [3.05, 3.63) is 57.9 Å². The molecule has 1 fully saturated rings. The van der Waals surface area contributed by atoms with Crippen LogP contribution in [-0.4, -0.2) is 59.1 Å². The standard InChI is InChI=1S/C24H26BN5O2S/c1-32-24(31)17-5-6-20-21(11-17)30(13-18-12-26-15-33-18)23(28-20)14-29-9-7-16(8-10-29)19-3-2-4-22(25)27-19/h3,5-6,11-12,15-16H,2,4,7-10,13-14H2,1H3. The maximum atomic E-state index is 12.1. The average Bonchev–Trinajstić information content (AvgIpc) is 3.47. The van der Waals surface area contributed by atoms with E-state index in [0.29, 0.717) is 18.0 Å². The van der Waals surface area contributed by atoms with E-state index in [2.05, 4.69) is 25.5 Å². The molecule has 5 rings (SSSR count). The van der Waals surface area contributed by atoms with Gasteiger partial charge in [0, 0.05) is 22.7 Å². The molecule has 2 aliphatic rings. The lowest BCUT2D eigenvalue weighted by Gasteiger charge is -2.32. The van der Waals surface area contributed by atoms with E-state index in [4.69, 9.17) is 17.6 Å². The van der Waals surface area contributed by atoms with Gasteiger partial charge in [0.25, 0.3) is 0 Å². The highest BCUT2D eigenvalue weighted by molar-refractivity contribution is 7.09. The Bertz CT molecular complexity index is 1210. The van der Waals surface area contributed by atoms with Gasteiger partial charge in [0.05, 0.1) is 42.3 Å². The number of benzene rings is 1. The van der Waals surface area contributed by atoms with Crippen molar-refractivity contribution in [1.29, 1.82) is 0 Å². The number of hydrogen-bond donors (Lipinski definition) is 0. The third-order valence-corrected chi connectivity index (χ3v) is 7.21. The molecule has 0 saturated carbocycles. The zero-order valence-electron chi connectivity index (χ0n) is 18.7. The molecule has 1 aromatic carbocycles. The minimum absolute atomic E-state index is 0.341. The number of aliphatic imine (C=N–C) groups is 1. The summed E-state index contributed by atoms with van der Waals surface area (Å²) in [6.07, 6.45) is 8.16. The lowest BCUT2D eigenvalue weighted by Crippen LogP contribution is -2.34. The molecule has 0 amide bonds. The van der Waals surface area contributed by atoms with Crippen molar-refractivity contribution in [3.8, 4) is 0 Å². The molecule has 9 heteroatoms. The van der Waals surface area contributed by atoms with Gasteiger partial charge in [-0.05, 0) is 62.6 Å². The molecule has 168 valence electrons. The van der Waals surface area contributed by atoms with Gasteiger partial charge in [-0.3, -0.25) is 14.9 Å². The number of aromatic nitrogens is 3. The third-order valence-electron chi connectivity index (χ3n) is 6.44. The normalized spacial score (nSPS) is 17.7. The van der Waals surface area contributed by atoms with Crippen LogP contribution in [0.15, 0.2) is 46.7 Å². The lowest BCUT2D eigenvalue weighted by atomic mass is 9.88. The molecule has 2 radical (unpaired) electrons. The quantitative estimate of drug-likeness (QED) is 0.415. The number of ether oxygens (including phenoxy) is 1. The summed E-state index contributed by atoms with van der Waals surface area (Å²) in [5, 5.41) is 0. The number of rotatable bonds is 6. The van der Waals surface area contributed by atoms with E-state index in [-0.39, 0.29) is 5.97 Å². The van der Waals surface area contributed by atoms with E-state index in [1.165, 1.54) is 12.8 Å². The SMILES string of the molecule is [B]C1=NC(C2CCN(Cc3nc4ccc(C(=O)OC)cc4n3Cc3cncs3)CC2)=CCC1. The molecule has 2 aliphatic heterocycles. The van der Waals surface area contributed by atoms with Crippen LogP contribution in [0.1, 0.15) is 46.7 Å². The molecule has 0 spiro atoms. The molecule has 4 heterocycles. The second-order valence-corrected chi connectivity index (χ2v) is 9.57. The molecule has 33 heavy (non-hydrogen) atoms. The second kappa shape index (κ2) is 9.61. The predicted octanol–water partition coefficient (Wildman–Crippen LogP) is 3.78. The Balaban J connectivity index is 1.37. The lowest BCUT2D eigenvalue weighted by molar-refractivity contribution is 0.0601. The molecule has 7 nitrogen and oxygen atoms in total. The highest BCUT2D eigenvalue weighted by Crippen LogP contribution is 2.29. The molecular weight excluding hydrogens is 433 g/mol. The topological polar surface area (TPSA) is 72.6 Å². The van der Waals surface area contributed by atoms with Gasteiger partial charge >= 0.3 is 5.97 Å². The number of carbonyl (C=O) groups is 1. The zero-order valence-corrected chi connectivity index (χ0v) is 19.6. The van der Waals surface area contributed by atoms with Gasteiger partial charge in [0.1, 0.15) is 13.7 Å². The van der Waals surface area contributed by atoms with Crippen molar-refractivity contribution in [2.24, 2.45) is 10.9 Å². The van der Waals surface area contributed by atoms with Crippen LogP contribution in [-0.2, 0) is 17.8 Å². The highest BCUT2D eigenvalue weighted by atomic mass is 32.1. The Morgan fingerprint density at radius 3 is 2.85 bits per heavy atom. The largest absolute Gasteiger partial charge is 0.465 e. The van der Waals surface area contributed by atoms with Gasteiger partial charge in [-0.1, -0.05) is 6.08 Å². The molecule has 0 aliphatic carbocycles. The van der Waals surface area contributed by atoms with Gasteiger partial charge in [0.2, 0.25) is 0 Å². The zero-order chi connectivity index (χ0) is 22.8. The first-order chi connectivity index (χ1) is 16.1. The first-order valence-electron chi connectivity index (χ1n) is 11.3. The number of esters is 1. The minimum Gasteiger partial charge on any atom is -0.465 e. The number of thiazole rings is 1. The molecule has 0 N–H and O–H groups in total. The maximum absolute atomic E-state index is 12.1. The fourth-order valence-electron chi connectivity index (χ4n) is 4.67. The van der Waals surface area contributed by atoms with Crippen molar-refractivity contribution in [1.82, 2.24) is 19.4 Å². The van der Waals surface area contributed by atoms with Crippen LogP contribution in [0.4, 0.5) is 0 Å². The maximum Gasteiger partial charge on any atom is 0.337 e. The van der Waals surface area contributed by atoms with Gasteiger partial charge < -0.3 is 9.30 Å². The summed E-state index contributed by atoms with van der Waals surface area (Å²) in [6.45, 7) is 3.43. The summed E-state index contributed by atoms with van der Waals surface area (Å²) in [5.41, 5.74) is 6.13. The van der Waals surface area contributed by atoms with Crippen LogP contribution in [0.5, 0.6) is 0 Å². The summed E-state index contributed by atoms with van der Waals surface area (Å²) >= 11 is 1.62. The van der Waals surface area contributed by atoms with E-state index in [0.717, 1.165) is 72.7 Å². The van der Waals surface area contributed by atoms with Crippen molar-refractivity contribution in [2.45, 2.75) is 38.8 Å². The molecule has 0 unspecified atom stereocenters. The number of hydrogen-bond acceptors (Lipinski definition) is 7. The number of allylic oxidation sites excluding steroid dienone is 2. The first-order valence-corrected chi connectivity index (χ1v) is 12.2. The monoisotopic (exact) mass is 459 g/mol. The Kier molecular flexibility index (Phi) is 6.42. The van der Waals surface area contributed by atoms with Gasteiger partial charge in [-0.15, -0.1) is 11.3 Å². The number of carbonyl (C=O) groups excluding carboxylic acids is 1. The van der Waals surface area contributed by atoms with Gasteiger partial charge in [-0.25, -0.2) is 9.78 Å². The number of nitrogens with zero attached hydrogens (tertiary/aromatic N) is 5. The molecule has 0 atom stereocenters. The summed E-state index contributed by atoms with van der Waals surface area (Å²) < 4.78 is 7.12. The highest BCUT2D eigenvalue weighted by Gasteiger charge is 2.25. The third kappa shape index (κ3) is 4.79. The number of methoxy groups -OCH3 is 1. The summed E-state index contributed by atoms with van der Waals surface area (Å²) in [4.78, 5) is 29.5. The van der Waals surface area contributed by atoms with Crippen LogP contribution >= 0.6 is 11.3 Å². The molecular formula is C24H26BN5O2S. The molecule has 3 aromatic rings. The summed E-state index contributed by atoms with van der Waals surface area (Å²) in [5.74, 6) is 1.14. The number of fused-ring (bicyclic) bond motifs is 1. The van der Waals surface area contributed by atoms with Crippen molar-refractivity contribution < 1.29 is 9.53 Å². The van der Waals surface area contributed by atoms with Gasteiger partial charge in [-0.2, -0.15) is 0 Å². The fourth-order valence-corrected chi connectivity index (χ4v) is 5.25. The Morgan fingerprint density at radius 1 is 1.27 bits per heavy atom. The fraction of sp³-hybridized carbons (Fsp3) is 0.417. The predicted molar refractivity (Wildman–Crippen MR) is 131 cm³/mol. The number of piperidine rings is 1. The minimum atomic E-state index is -0.341. The molecule has 1 saturated heterocycles. The number of likely N-dealkylation sites (tertiary alicyclic amines) is 1. The van der Waals surface area contributed by atoms with Crippen LogP contribution in [0.25, 0.3) is 11.0 Å². The second-order valence-electron chi connectivity index (χ2n) is 8.60. The summed E-state index contributed by atoms with van der Waals surface area (Å²) in [7, 11) is 7.37. The van der Waals surface area contributed by atoms with Crippen LogP contribution < -0.4 is 0 Å². The van der Waals surface area contributed by atoms with E-state index in [1.807, 2.05) is 23.8 Å². The average molecular weight is 459 g/mol. The molecule has 2 aromatic heterocycles. The molecule has 0 bridgehead atoms. The van der Waals surface area contributed by atoms with E-state index < -0.39 is 0 Å². The van der Waals surface area contributed by atoms with Crippen LogP contribution in [0, 0.1) is 5.92 Å². The Morgan fingerprint density at radius 2 is 2.12 bits per heavy atom. The van der Waals surface area contributed by atoms with Crippen molar-refractivity contribution >= 4 is 41.8 Å². The van der Waals surface area contributed by atoms with Crippen LogP contribution in [0.2, 0.25) is 0 Å². The number of imidazole rings is 1. The van der Waals surface area contributed by atoms with Crippen LogP contribution in [0.3, 0.4) is 0 Å². The van der Waals surface area contributed by atoms with Crippen molar-refractivity contribution in [2.75, 3.05) is 20.2 Å². The smallest absolute Gasteiger partial charge is 0.337 e.